The number of carbonyl (C=O) groups is 1. The highest BCUT2D eigenvalue weighted by Gasteiger charge is 2.20. The minimum atomic E-state index is -0.952. The van der Waals surface area contributed by atoms with Crippen LogP contribution in [0.3, 0.4) is 0 Å². The van der Waals surface area contributed by atoms with Crippen LogP contribution < -0.4 is 0 Å². The van der Waals surface area contributed by atoms with Crippen molar-refractivity contribution in [1.29, 1.82) is 0 Å². The second-order valence-corrected chi connectivity index (χ2v) is 5.92. The molecule has 0 aliphatic heterocycles. The molecular formula is C19H16N2O2S. The smallest absolute Gasteiger partial charge is 0.328 e. The lowest BCUT2D eigenvalue weighted by Gasteiger charge is -2.12. The summed E-state index contributed by atoms with van der Waals surface area (Å²) in [6, 6.07) is 20.2. The molecule has 1 aromatic heterocycles. The summed E-state index contributed by atoms with van der Waals surface area (Å²) in [5, 5.41) is 11.4. The van der Waals surface area contributed by atoms with E-state index in [-0.39, 0.29) is 6.42 Å². The lowest BCUT2D eigenvalue weighted by atomic mass is 10.0. The Labute approximate surface area is 144 Å². The van der Waals surface area contributed by atoms with E-state index in [1.54, 1.807) is 0 Å². The highest BCUT2D eigenvalue weighted by atomic mass is 32.1. The van der Waals surface area contributed by atoms with E-state index in [0.717, 1.165) is 16.8 Å². The van der Waals surface area contributed by atoms with Crippen LogP contribution in [0.4, 0.5) is 0 Å². The molecule has 3 rings (SSSR count). The maximum atomic E-state index is 11.7. The van der Waals surface area contributed by atoms with Crippen LogP contribution >= 0.6 is 11.5 Å². The van der Waals surface area contributed by atoms with Gasteiger partial charge in [-0.3, -0.25) is 4.99 Å². The molecule has 0 saturated carbocycles. The van der Waals surface area contributed by atoms with E-state index in [0.29, 0.717) is 5.71 Å². The fraction of sp³-hybridized carbons (Fsp3) is 0.105. The molecule has 1 unspecified atom stereocenters. The highest BCUT2D eigenvalue weighted by Crippen LogP contribution is 2.14. The van der Waals surface area contributed by atoms with Gasteiger partial charge in [-0.15, -0.1) is 0 Å². The molecule has 0 bridgehead atoms. The van der Waals surface area contributed by atoms with E-state index in [9.17, 15) is 9.90 Å². The topological polar surface area (TPSA) is 62.5 Å². The van der Waals surface area contributed by atoms with Gasteiger partial charge in [0.05, 0.1) is 11.4 Å². The number of carboxylic acid groups (broad SMARTS) is 1. The zero-order chi connectivity index (χ0) is 16.8. The van der Waals surface area contributed by atoms with Crippen LogP contribution in [-0.2, 0) is 11.2 Å². The van der Waals surface area contributed by atoms with E-state index in [4.69, 9.17) is 0 Å². The number of nitrogens with zero attached hydrogens (tertiary/aromatic N) is 2. The fourth-order valence-corrected chi connectivity index (χ4v) is 2.94. The molecule has 0 aliphatic carbocycles. The summed E-state index contributed by atoms with van der Waals surface area (Å²) in [7, 11) is 0. The molecule has 1 atom stereocenters. The zero-order valence-corrected chi connectivity index (χ0v) is 13.7. The first-order valence-electron chi connectivity index (χ1n) is 7.55. The van der Waals surface area contributed by atoms with Crippen molar-refractivity contribution < 1.29 is 9.90 Å². The number of aromatic nitrogens is 1. The van der Waals surface area contributed by atoms with Crippen LogP contribution in [0.25, 0.3) is 0 Å². The van der Waals surface area contributed by atoms with E-state index in [1.807, 2.05) is 72.1 Å². The van der Waals surface area contributed by atoms with Gasteiger partial charge < -0.3 is 5.11 Å². The molecule has 3 aromatic rings. The average molecular weight is 336 g/mol. The number of benzene rings is 2. The number of rotatable bonds is 6. The summed E-state index contributed by atoms with van der Waals surface area (Å²) >= 11 is 1.31. The molecule has 0 spiro atoms. The molecule has 0 radical (unpaired) electrons. The normalized spacial score (nSPS) is 11.7. The van der Waals surface area contributed by atoms with E-state index in [1.165, 1.54) is 11.5 Å². The third kappa shape index (κ3) is 3.94. The van der Waals surface area contributed by atoms with E-state index in [2.05, 4.69) is 9.37 Å². The van der Waals surface area contributed by atoms with Gasteiger partial charge in [-0.2, -0.15) is 4.37 Å². The summed E-state index contributed by atoms with van der Waals surface area (Å²) in [5.74, 6) is -0.952. The predicted molar refractivity (Wildman–Crippen MR) is 95.8 cm³/mol. The monoisotopic (exact) mass is 336 g/mol. The fourth-order valence-electron chi connectivity index (χ4n) is 2.39. The van der Waals surface area contributed by atoms with Crippen molar-refractivity contribution in [3.05, 3.63) is 88.9 Å². The maximum Gasteiger partial charge on any atom is 0.328 e. The molecule has 0 saturated heterocycles. The number of hydrogen-bond acceptors (Lipinski definition) is 4. The van der Waals surface area contributed by atoms with Crippen molar-refractivity contribution in [2.45, 2.75) is 12.5 Å². The largest absolute Gasteiger partial charge is 0.480 e. The summed E-state index contributed by atoms with van der Waals surface area (Å²) < 4.78 is 4.20. The van der Waals surface area contributed by atoms with Crippen molar-refractivity contribution in [3.8, 4) is 0 Å². The van der Waals surface area contributed by atoms with Crippen LogP contribution in [0, 0.1) is 0 Å². The summed E-state index contributed by atoms with van der Waals surface area (Å²) in [6.07, 6.45) is 0.280. The first kappa shape index (κ1) is 16.1. The zero-order valence-electron chi connectivity index (χ0n) is 12.9. The quantitative estimate of drug-likeness (QED) is 0.699. The van der Waals surface area contributed by atoms with Crippen molar-refractivity contribution in [2.24, 2.45) is 4.99 Å². The van der Waals surface area contributed by atoms with Crippen molar-refractivity contribution in [2.75, 3.05) is 0 Å². The second-order valence-electron chi connectivity index (χ2n) is 5.26. The van der Waals surface area contributed by atoms with Crippen LogP contribution in [0.15, 0.2) is 77.1 Å². The summed E-state index contributed by atoms with van der Waals surface area (Å²) in [5.41, 5.74) is 3.22. The first-order valence-corrected chi connectivity index (χ1v) is 8.38. The van der Waals surface area contributed by atoms with Gasteiger partial charge in [-0.05, 0) is 17.6 Å². The van der Waals surface area contributed by atoms with Gasteiger partial charge in [0.25, 0.3) is 0 Å². The molecule has 1 heterocycles. The molecule has 24 heavy (non-hydrogen) atoms. The van der Waals surface area contributed by atoms with E-state index < -0.39 is 12.0 Å². The van der Waals surface area contributed by atoms with Crippen molar-refractivity contribution in [1.82, 2.24) is 4.37 Å². The molecule has 0 aliphatic rings. The number of aliphatic carboxylic acids is 1. The Balaban J connectivity index is 2.02. The van der Waals surface area contributed by atoms with Gasteiger partial charge in [-0.25, -0.2) is 4.79 Å². The van der Waals surface area contributed by atoms with Gasteiger partial charge in [0.1, 0.15) is 0 Å². The Morgan fingerprint density at radius 1 is 1.00 bits per heavy atom. The van der Waals surface area contributed by atoms with Crippen LogP contribution in [0.2, 0.25) is 0 Å². The summed E-state index contributed by atoms with van der Waals surface area (Å²) in [6.45, 7) is 0. The van der Waals surface area contributed by atoms with Crippen molar-refractivity contribution in [3.63, 3.8) is 0 Å². The van der Waals surface area contributed by atoms with E-state index >= 15 is 0 Å². The highest BCUT2D eigenvalue weighted by molar-refractivity contribution is 7.03. The molecule has 5 heteroatoms. The standard InChI is InChI=1S/C19H16N2O2S/c22-19(23)17(13-16-11-12-24-21-16)20-18(14-7-3-1-4-8-14)15-9-5-2-6-10-15/h1-12,17H,13H2,(H,22,23). The van der Waals surface area contributed by atoms with Gasteiger partial charge >= 0.3 is 5.97 Å². The molecule has 0 amide bonds. The second kappa shape index (κ2) is 7.66. The van der Waals surface area contributed by atoms with Crippen LogP contribution in [-0.4, -0.2) is 27.2 Å². The molecular weight excluding hydrogens is 320 g/mol. The minimum Gasteiger partial charge on any atom is -0.480 e. The minimum absolute atomic E-state index is 0.280. The molecule has 1 N–H and O–H groups in total. The third-order valence-electron chi connectivity index (χ3n) is 3.56. The molecule has 4 nitrogen and oxygen atoms in total. The first-order chi connectivity index (χ1) is 11.7. The number of carboxylic acids is 1. The number of hydrogen-bond donors (Lipinski definition) is 1. The van der Waals surface area contributed by atoms with Gasteiger partial charge in [0, 0.05) is 22.9 Å². The Hall–Kier alpha value is -2.79. The Morgan fingerprint density at radius 2 is 1.58 bits per heavy atom. The van der Waals surface area contributed by atoms with Gasteiger partial charge in [0.15, 0.2) is 6.04 Å². The molecule has 120 valence electrons. The van der Waals surface area contributed by atoms with Gasteiger partial charge in [-0.1, -0.05) is 60.7 Å². The van der Waals surface area contributed by atoms with Gasteiger partial charge in [0.2, 0.25) is 0 Å². The Bertz CT molecular complexity index is 774. The van der Waals surface area contributed by atoms with Crippen LogP contribution in [0.5, 0.6) is 0 Å². The molecule has 2 aromatic carbocycles. The lowest BCUT2D eigenvalue weighted by molar-refractivity contribution is -0.138. The third-order valence-corrected chi connectivity index (χ3v) is 4.16. The Kier molecular flexibility index (Phi) is 5.13. The van der Waals surface area contributed by atoms with Crippen LogP contribution in [0.1, 0.15) is 16.8 Å². The predicted octanol–water partition coefficient (Wildman–Crippen LogP) is 3.68. The van der Waals surface area contributed by atoms with Crippen molar-refractivity contribution >= 4 is 23.2 Å². The maximum absolute atomic E-state index is 11.7. The number of aliphatic imine (C=N–C) groups is 1. The molecule has 0 fully saturated rings. The average Bonchev–Trinajstić information content (AvgIpc) is 3.13. The Morgan fingerprint density at radius 3 is 2.04 bits per heavy atom. The summed E-state index contributed by atoms with van der Waals surface area (Å²) in [4.78, 5) is 16.3. The lowest BCUT2D eigenvalue weighted by Crippen LogP contribution is -2.23. The SMILES string of the molecule is O=C(O)C(Cc1ccsn1)N=C(c1ccccc1)c1ccccc1.